The van der Waals surface area contributed by atoms with Crippen molar-refractivity contribution in [1.82, 2.24) is 5.32 Å². The predicted molar refractivity (Wildman–Crippen MR) is 123 cm³/mol. The van der Waals surface area contributed by atoms with E-state index in [1.165, 1.54) is 13.2 Å². The normalized spacial score (nSPS) is 11.6. The van der Waals surface area contributed by atoms with Gasteiger partial charge in [-0.05, 0) is 56.3 Å². The third-order valence-corrected chi connectivity index (χ3v) is 4.07. The highest BCUT2D eigenvalue weighted by atomic mass is 16.5. The van der Waals surface area contributed by atoms with Gasteiger partial charge >= 0.3 is 6.03 Å². The highest BCUT2D eigenvalue weighted by Crippen LogP contribution is 2.22. The van der Waals surface area contributed by atoms with E-state index < -0.39 is 6.03 Å². The lowest BCUT2D eigenvalue weighted by molar-refractivity contribution is 0.0950. The summed E-state index contributed by atoms with van der Waals surface area (Å²) in [6, 6.07) is 13.6. The third kappa shape index (κ3) is 7.82. The number of hydrogen-bond donors (Lipinski definition) is 5. The zero-order valence-electron chi connectivity index (χ0n) is 17.6. The van der Waals surface area contributed by atoms with E-state index in [1.54, 1.807) is 18.2 Å². The van der Waals surface area contributed by atoms with Crippen molar-refractivity contribution in [3.63, 3.8) is 0 Å². The number of ether oxygens (including phenoxy) is 1. The van der Waals surface area contributed by atoms with Gasteiger partial charge < -0.3 is 32.2 Å². The zero-order valence-corrected chi connectivity index (χ0v) is 17.6. The first-order chi connectivity index (χ1) is 14.9. The number of methoxy groups -OCH3 is 1. The smallest absolute Gasteiger partial charge is 0.347 e. The van der Waals surface area contributed by atoms with Crippen LogP contribution in [0.2, 0.25) is 0 Å². The monoisotopic (exact) mass is 424 g/mol. The molecule has 0 unspecified atom stereocenters. The minimum atomic E-state index is -0.666. The molecule has 0 aromatic heterocycles. The van der Waals surface area contributed by atoms with Crippen LogP contribution in [0.25, 0.3) is 0 Å². The largest absolute Gasteiger partial charge is 0.496 e. The quantitative estimate of drug-likeness (QED) is 0.238. The molecular weight excluding hydrogens is 396 g/mol. The van der Waals surface area contributed by atoms with Crippen molar-refractivity contribution in [3.05, 3.63) is 65.9 Å². The minimum Gasteiger partial charge on any atom is -0.496 e. The van der Waals surface area contributed by atoms with Crippen LogP contribution in [0.15, 0.2) is 65.3 Å². The van der Waals surface area contributed by atoms with Crippen molar-refractivity contribution in [2.45, 2.75) is 13.3 Å². The number of nitrogens with two attached hydrogens (primary N) is 2. The summed E-state index contributed by atoms with van der Waals surface area (Å²) in [6.07, 6.45) is 2.21. The molecule has 0 radical (unpaired) electrons. The maximum absolute atomic E-state index is 12.4. The van der Waals surface area contributed by atoms with Crippen LogP contribution in [0.1, 0.15) is 23.7 Å². The number of benzene rings is 2. The number of allylic oxidation sites excluding steroid dienone is 1. The Morgan fingerprint density at radius 1 is 1.10 bits per heavy atom. The Kier molecular flexibility index (Phi) is 9.06. The Labute approximate surface area is 181 Å². The third-order valence-electron chi connectivity index (χ3n) is 4.07. The Hall–Kier alpha value is -3.85. The number of amides is 3. The number of rotatable bonds is 9. The first kappa shape index (κ1) is 23.4. The summed E-state index contributed by atoms with van der Waals surface area (Å²) >= 11 is 0. The van der Waals surface area contributed by atoms with Gasteiger partial charge in [0.2, 0.25) is 0 Å². The van der Waals surface area contributed by atoms with Crippen LogP contribution in [0.3, 0.4) is 0 Å². The molecule has 0 spiro atoms. The molecule has 0 aliphatic rings. The van der Waals surface area contributed by atoms with Gasteiger partial charge in [0.25, 0.3) is 5.91 Å². The molecule has 0 heterocycles. The predicted octanol–water partition coefficient (Wildman–Crippen LogP) is 2.68. The average molecular weight is 425 g/mol. The molecule has 0 aliphatic carbocycles. The SMILES string of the molecule is COc1ccc(NC(=O)/N=C(N)\C=C(\C)Nc2ccccc2)cc1C(=O)NCCCN. The average Bonchev–Trinajstić information content (AvgIpc) is 2.74. The maximum atomic E-state index is 12.4. The fraction of sp³-hybridized carbons (Fsp3) is 0.227. The van der Waals surface area contributed by atoms with Crippen molar-refractivity contribution < 1.29 is 14.3 Å². The van der Waals surface area contributed by atoms with Gasteiger partial charge in [-0.1, -0.05) is 18.2 Å². The molecule has 0 atom stereocenters. The Morgan fingerprint density at radius 2 is 1.84 bits per heavy atom. The van der Waals surface area contributed by atoms with Crippen molar-refractivity contribution in [2.75, 3.05) is 30.8 Å². The van der Waals surface area contributed by atoms with Crippen LogP contribution in [0, 0.1) is 0 Å². The summed E-state index contributed by atoms with van der Waals surface area (Å²) in [7, 11) is 1.47. The standard InChI is InChI=1S/C22H28N6O3/c1-15(26-16-7-4-3-5-8-16)13-20(24)28-22(30)27-17-9-10-19(31-2)18(14-17)21(29)25-12-6-11-23/h3-5,7-10,13-14,26H,6,11-12,23H2,1-2H3,(H,25,29)(H3,24,27,28,30)/b15-13-. The second-order valence-electron chi connectivity index (χ2n) is 6.60. The highest BCUT2D eigenvalue weighted by Gasteiger charge is 2.13. The lowest BCUT2D eigenvalue weighted by Gasteiger charge is -2.11. The van der Waals surface area contributed by atoms with E-state index in [0.29, 0.717) is 30.9 Å². The summed E-state index contributed by atoms with van der Waals surface area (Å²) in [5.41, 5.74) is 13.6. The van der Waals surface area contributed by atoms with Crippen LogP contribution >= 0.6 is 0 Å². The Morgan fingerprint density at radius 3 is 2.52 bits per heavy atom. The molecule has 2 aromatic rings. The van der Waals surface area contributed by atoms with E-state index in [-0.39, 0.29) is 17.3 Å². The van der Waals surface area contributed by atoms with Crippen molar-refractivity contribution in [3.8, 4) is 5.75 Å². The van der Waals surface area contributed by atoms with Gasteiger partial charge in [0.1, 0.15) is 11.6 Å². The number of amidine groups is 1. The van der Waals surface area contributed by atoms with Crippen LogP contribution < -0.4 is 32.2 Å². The van der Waals surface area contributed by atoms with Gasteiger partial charge in [-0.25, -0.2) is 4.79 Å². The molecule has 31 heavy (non-hydrogen) atoms. The molecule has 0 fully saturated rings. The van der Waals surface area contributed by atoms with Gasteiger partial charge in [-0.15, -0.1) is 0 Å². The molecule has 0 aliphatic heterocycles. The van der Waals surface area contributed by atoms with Gasteiger partial charge in [-0.2, -0.15) is 4.99 Å². The topological polar surface area (TPSA) is 144 Å². The number of nitrogens with one attached hydrogen (secondary N) is 3. The summed E-state index contributed by atoms with van der Waals surface area (Å²) in [5, 5.41) is 8.50. The van der Waals surface area contributed by atoms with Crippen LogP contribution in [0.5, 0.6) is 5.75 Å². The Bertz CT molecular complexity index is 957. The van der Waals surface area contributed by atoms with Crippen molar-refractivity contribution in [1.29, 1.82) is 0 Å². The van der Waals surface area contributed by atoms with Crippen molar-refractivity contribution in [2.24, 2.45) is 16.5 Å². The molecule has 9 heteroatoms. The lowest BCUT2D eigenvalue weighted by atomic mass is 10.1. The fourth-order valence-electron chi connectivity index (χ4n) is 2.67. The second kappa shape index (κ2) is 12.0. The number of para-hydroxylation sites is 1. The van der Waals surface area contributed by atoms with E-state index in [1.807, 2.05) is 37.3 Å². The van der Waals surface area contributed by atoms with Crippen LogP contribution in [0.4, 0.5) is 16.2 Å². The lowest BCUT2D eigenvalue weighted by Crippen LogP contribution is -2.26. The molecule has 9 nitrogen and oxygen atoms in total. The van der Waals surface area contributed by atoms with Gasteiger partial charge in [0.05, 0.1) is 12.7 Å². The summed E-state index contributed by atoms with van der Waals surface area (Å²) in [5.74, 6) is 0.0958. The summed E-state index contributed by atoms with van der Waals surface area (Å²) < 4.78 is 5.23. The minimum absolute atomic E-state index is 0.0340. The van der Waals surface area contributed by atoms with Gasteiger partial charge in [-0.3, -0.25) is 4.79 Å². The molecule has 2 aromatic carbocycles. The first-order valence-corrected chi connectivity index (χ1v) is 9.74. The van der Waals surface area contributed by atoms with Crippen LogP contribution in [-0.2, 0) is 0 Å². The molecule has 0 saturated heterocycles. The Balaban J connectivity index is 2.05. The summed E-state index contributed by atoms with van der Waals surface area (Å²) in [6.45, 7) is 2.73. The number of carbonyl (C=O) groups is 2. The van der Waals surface area contributed by atoms with Gasteiger partial charge in [0.15, 0.2) is 0 Å². The second-order valence-corrected chi connectivity index (χ2v) is 6.60. The number of nitrogens with zero attached hydrogens (tertiary/aromatic N) is 1. The number of hydrogen-bond acceptors (Lipinski definition) is 5. The molecule has 7 N–H and O–H groups in total. The molecular formula is C22H28N6O3. The van der Waals surface area contributed by atoms with Crippen LogP contribution in [-0.4, -0.2) is 38.0 Å². The van der Waals surface area contributed by atoms with E-state index in [0.717, 1.165) is 11.4 Å². The van der Waals surface area contributed by atoms with E-state index in [2.05, 4.69) is 20.9 Å². The molecule has 0 bridgehead atoms. The highest BCUT2D eigenvalue weighted by molar-refractivity contribution is 6.05. The van der Waals surface area contributed by atoms with E-state index >= 15 is 0 Å². The van der Waals surface area contributed by atoms with Crippen molar-refractivity contribution >= 4 is 29.1 Å². The molecule has 164 valence electrons. The number of anilines is 2. The molecule has 3 amide bonds. The molecule has 0 saturated carbocycles. The van der Waals surface area contributed by atoms with E-state index in [4.69, 9.17) is 16.2 Å². The van der Waals surface area contributed by atoms with E-state index in [9.17, 15) is 9.59 Å². The maximum Gasteiger partial charge on any atom is 0.347 e. The number of urea groups is 1. The zero-order chi connectivity index (χ0) is 22.6. The fourth-order valence-corrected chi connectivity index (χ4v) is 2.67. The number of carbonyl (C=O) groups excluding carboxylic acids is 2. The number of aliphatic imine (C=N–C) groups is 1. The molecule has 2 rings (SSSR count). The summed E-state index contributed by atoms with van der Waals surface area (Å²) in [4.78, 5) is 28.4. The van der Waals surface area contributed by atoms with Gasteiger partial charge in [0, 0.05) is 23.6 Å². The first-order valence-electron chi connectivity index (χ1n) is 9.74.